The van der Waals surface area contributed by atoms with Gasteiger partial charge in [-0.25, -0.2) is 0 Å². The summed E-state index contributed by atoms with van der Waals surface area (Å²) in [7, 11) is 0. The summed E-state index contributed by atoms with van der Waals surface area (Å²) in [6, 6.07) is 2.19. The fourth-order valence-electron chi connectivity index (χ4n) is 2.53. The summed E-state index contributed by atoms with van der Waals surface area (Å²) in [6.45, 7) is 7.00. The first kappa shape index (κ1) is 9.70. The van der Waals surface area contributed by atoms with Crippen molar-refractivity contribution in [2.45, 2.75) is 46.0 Å². The zero-order valence-corrected chi connectivity index (χ0v) is 9.38. The SMILES string of the molecule is CC(C)(C)[C@@H]1CCCc2ccncc21. The summed E-state index contributed by atoms with van der Waals surface area (Å²) in [5.74, 6) is 0.694. The second kappa shape index (κ2) is 3.38. The van der Waals surface area contributed by atoms with Gasteiger partial charge in [-0.3, -0.25) is 4.98 Å². The lowest BCUT2D eigenvalue weighted by Gasteiger charge is -2.35. The molecule has 0 bridgehead atoms. The highest BCUT2D eigenvalue weighted by atomic mass is 14.6. The van der Waals surface area contributed by atoms with E-state index in [0.29, 0.717) is 11.3 Å². The zero-order valence-electron chi connectivity index (χ0n) is 9.38. The van der Waals surface area contributed by atoms with Crippen molar-refractivity contribution in [3.05, 3.63) is 29.6 Å². The van der Waals surface area contributed by atoms with Gasteiger partial charge in [0.15, 0.2) is 0 Å². The van der Waals surface area contributed by atoms with E-state index in [9.17, 15) is 0 Å². The Morgan fingerprint density at radius 2 is 2.14 bits per heavy atom. The molecule has 0 fully saturated rings. The monoisotopic (exact) mass is 189 g/mol. The molecule has 76 valence electrons. The summed E-state index contributed by atoms with van der Waals surface area (Å²) in [6.07, 6.45) is 7.89. The van der Waals surface area contributed by atoms with Crippen LogP contribution in [-0.2, 0) is 6.42 Å². The summed E-state index contributed by atoms with van der Waals surface area (Å²) >= 11 is 0. The van der Waals surface area contributed by atoms with Crippen LogP contribution in [-0.4, -0.2) is 4.98 Å². The van der Waals surface area contributed by atoms with Crippen molar-refractivity contribution >= 4 is 0 Å². The number of pyridine rings is 1. The molecule has 0 spiro atoms. The molecule has 1 aliphatic carbocycles. The van der Waals surface area contributed by atoms with Gasteiger partial charge >= 0.3 is 0 Å². The van der Waals surface area contributed by atoms with Crippen LogP contribution in [0.5, 0.6) is 0 Å². The fraction of sp³-hybridized carbons (Fsp3) is 0.615. The first-order chi connectivity index (χ1) is 6.59. The van der Waals surface area contributed by atoms with Crippen LogP contribution >= 0.6 is 0 Å². The van der Waals surface area contributed by atoms with Crippen molar-refractivity contribution in [3.63, 3.8) is 0 Å². The van der Waals surface area contributed by atoms with Crippen LogP contribution in [0.3, 0.4) is 0 Å². The first-order valence-electron chi connectivity index (χ1n) is 5.52. The molecule has 1 aromatic heterocycles. The van der Waals surface area contributed by atoms with Gasteiger partial charge in [0.1, 0.15) is 0 Å². The van der Waals surface area contributed by atoms with Crippen LogP contribution in [0, 0.1) is 5.41 Å². The van der Waals surface area contributed by atoms with E-state index in [4.69, 9.17) is 0 Å². The summed E-state index contributed by atoms with van der Waals surface area (Å²) in [5.41, 5.74) is 3.38. The van der Waals surface area contributed by atoms with E-state index in [-0.39, 0.29) is 0 Å². The lowest BCUT2D eigenvalue weighted by atomic mass is 9.70. The lowest BCUT2D eigenvalue weighted by Crippen LogP contribution is -2.23. The van der Waals surface area contributed by atoms with Crippen LogP contribution < -0.4 is 0 Å². The molecule has 0 N–H and O–H groups in total. The van der Waals surface area contributed by atoms with Crippen LogP contribution in [0.1, 0.15) is 50.7 Å². The maximum atomic E-state index is 4.26. The summed E-state index contributed by atoms with van der Waals surface area (Å²) < 4.78 is 0. The Kier molecular flexibility index (Phi) is 2.34. The molecule has 2 rings (SSSR count). The third kappa shape index (κ3) is 1.68. The lowest BCUT2D eigenvalue weighted by molar-refractivity contribution is 0.289. The Balaban J connectivity index is 2.41. The molecule has 0 saturated heterocycles. The normalized spacial score (nSPS) is 21.8. The fourth-order valence-corrected chi connectivity index (χ4v) is 2.53. The Hall–Kier alpha value is -0.850. The molecule has 1 heterocycles. The minimum atomic E-state index is 0.373. The number of hydrogen-bond acceptors (Lipinski definition) is 1. The van der Waals surface area contributed by atoms with Crippen LogP contribution in [0.2, 0.25) is 0 Å². The molecule has 14 heavy (non-hydrogen) atoms. The molecule has 0 amide bonds. The quantitative estimate of drug-likeness (QED) is 0.608. The van der Waals surface area contributed by atoms with Crippen LogP contribution in [0.4, 0.5) is 0 Å². The maximum Gasteiger partial charge on any atom is 0.0305 e. The van der Waals surface area contributed by atoms with E-state index in [1.165, 1.54) is 30.4 Å². The van der Waals surface area contributed by atoms with Crippen molar-refractivity contribution in [1.29, 1.82) is 0 Å². The molecule has 0 unspecified atom stereocenters. The predicted molar refractivity (Wildman–Crippen MR) is 59.4 cm³/mol. The van der Waals surface area contributed by atoms with Crippen molar-refractivity contribution < 1.29 is 0 Å². The molecular weight excluding hydrogens is 170 g/mol. The number of aryl methyl sites for hydroxylation is 1. The standard InChI is InChI=1S/C13H19N/c1-13(2,3)12-6-4-5-10-7-8-14-9-11(10)12/h7-9,12H,4-6H2,1-3H3/t12-/m1/s1. The highest BCUT2D eigenvalue weighted by Gasteiger charge is 2.30. The van der Waals surface area contributed by atoms with Crippen LogP contribution in [0.25, 0.3) is 0 Å². The average molecular weight is 189 g/mol. The van der Waals surface area contributed by atoms with Gasteiger partial charge in [-0.15, -0.1) is 0 Å². The van der Waals surface area contributed by atoms with E-state index >= 15 is 0 Å². The van der Waals surface area contributed by atoms with Crippen molar-refractivity contribution in [3.8, 4) is 0 Å². The molecular formula is C13H19N. The van der Waals surface area contributed by atoms with Gasteiger partial charge in [0.25, 0.3) is 0 Å². The maximum absolute atomic E-state index is 4.26. The first-order valence-corrected chi connectivity index (χ1v) is 5.52. The molecule has 0 aromatic carbocycles. The molecule has 1 atom stereocenters. The number of nitrogens with zero attached hydrogens (tertiary/aromatic N) is 1. The molecule has 1 nitrogen and oxygen atoms in total. The Morgan fingerprint density at radius 3 is 2.86 bits per heavy atom. The van der Waals surface area contributed by atoms with E-state index in [2.05, 4.69) is 38.0 Å². The Bertz CT molecular complexity index is 322. The molecule has 1 heteroatoms. The topological polar surface area (TPSA) is 12.9 Å². The summed E-state index contributed by atoms with van der Waals surface area (Å²) in [4.78, 5) is 4.26. The third-order valence-electron chi connectivity index (χ3n) is 3.31. The second-order valence-corrected chi connectivity index (χ2v) is 5.39. The largest absolute Gasteiger partial charge is 0.264 e. The van der Waals surface area contributed by atoms with Crippen LogP contribution in [0.15, 0.2) is 18.5 Å². The number of aromatic nitrogens is 1. The molecule has 0 saturated carbocycles. The Labute approximate surface area is 86.6 Å². The van der Waals surface area contributed by atoms with E-state index in [1.54, 1.807) is 0 Å². The van der Waals surface area contributed by atoms with Gasteiger partial charge in [-0.1, -0.05) is 20.8 Å². The molecule has 0 aliphatic heterocycles. The van der Waals surface area contributed by atoms with E-state index < -0.39 is 0 Å². The van der Waals surface area contributed by atoms with Crippen molar-refractivity contribution in [2.24, 2.45) is 5.41 Å². The summed E-state index contributed by atoms with van der Waals surface area (Å²) in [5, 5.41) is 0. The Morgan fingerprint density at radius 1 is 1.36 bits per heavy atom. The van der Waals surface area contributed by atoms with Gasteiger partial charge < -0.3 is 0 Å². The van der Waals surface area contributed by atoms with Gasteiger partial charge in [0.2, 0.25) is 0 Å². The number of fused-ring (bicyclic) bond motifs is 1. The highest BCUT2D eigenvalue weighted by molar-refractivity contribution is 5.30. The molecule has 1 aromatic rings. The minimum absolute atomic E-state index is 0.373. The van der Waals surface area contributed by atoms with E-state index in [1.807, 2.05) is 6.20 Å². The van der Waals surface area contributed by atoms with Crippen molar-refractivity contribution in [1.82, 2.24) is 4.98 Å². The van der Waals surface area contributed by atoms with Crippen molar-refractivity contribution in [2.75, 3.05) is 0 Å². The van der Waals surface area contributed by atoms with Gasteiger partial charge in [-0.05, 0) is 47.8 Å². The second-order valence-electron chi connectivity index (χ2n) is 5.39. The number of hydrogen-bond donors (Lipinski definition) is 0. The van der Waals surface area contributed by atoms with Gasteiger partial charge in [0.05, 0.1) is 0 Å². The molecule has 0 radical (unpaired) electrons. The van der Waals surface area contributed by atoms with Gasteiger partial charge in [0, 0.05) is 12.4 Å². The molecule has 1 aliphatic rings. The predicted octanol–water partition coefficient (Wildman–Crippen LogP) is 3.55. The number of rotatable bonds is 0. The third-order valence-corrected chi connectivity index (χ3v) is 3.31. The van der Waals surface area contributed by atoms with E-state index in [0.717, 1.165) is 0 Å². The van der Waals surface area contributed by atoms with Gasteiger partial charge in [-0.2, -0.15) is 0 Å². The highest BCUT2D eigenvalue weighted by Crippen LogP contribution is 2.42. The minimum Gasteiger partial charge on any atom is -0.264 e. The average Bonchev–Trinajstić information content (AvgIpc) is 2.15. The zero-order chi connectivity index (χ0) is 10.2. The smallest absolute Gasteiger partial charge is 0.0305 e.